The summed E-state index contributed by atoms with van der Waals surface area (Å²) in [5.74, 6) is -0.868. The third-order valence-corrected chi connectivity index (χ3v) is 12.2. The minimum atomic E-state index is -0.770. The van der Waals surface area contributed by atoms with Gasteiger partial charge in [0.05, 0.1) is 0 Å². The van der Waals surface area contributed by atoms with Gasteiger partial charge in [-0.1, -0.05) is 257 Å². The van der Waals surface area contributed by atoms with Gasteiger partial charge in [0.1, 0.15) is 13.2 Å². The molecule has 0 bridgehead atoms. The largest absolute Gasteiger partial charge is 0.462 e. The molecule has 0 rings (SSSR count). The van der Waals surface area contributed by atoms with Crippen molar-refractivity contribution >= 4 is 17.9 Å². The van der Waals surface area contributed by atoms with Crippen LogP contribution in [0.15, 0.2) is 24.3 Å². The van der Waals surface area contributed by atoms with Crippen LogP contribution in [-0.4, -0.2) is 37.2 Å². The lowest BCUT2D eigenvalue weighted by Gasteiger charge is -2.18. The highest BCUT2D eigenvalue weighted by atomic mass is 16.6. The van der Waals surface area contributed by atoms with E-state index < -0.39 is 6.10 Å². The SMILES string of the molecule is CC/C=C\C/C=C\CCCCCCCC(=O)OCC(COC(=O)CCCCCCCCCCCCCCCCCCCC)OC(=O)CCCCCCCCCCCCCCCC. The number of hydrogen-bond acceptors (Lipinski definition) is 6. The van der Waals surface area contributed by atoms with E-state index in [0.717, 1.165) is 83.5 Å². The predicted molar refractivity (Wildman–Crippen MR) is 266 cm³/mol. The van der Waals surface area contributed by atoms with E-state index in [-0.39, 0.29) is 31.1 Å². The van der Waals surface area contributed by atoms with E-state index in [0.29, 0.717) is 19.3 Å². The third-order valence-electron chi connectivity index (χ3n) is 12.2. The first-order valence-corrected chi connectivity index (χ1v) is 27.3. The number of ether oxygens (including phenoxy) is 3. The molecular weight excluding hydrogens is 769 g/mol. The lowest BCUT2D eigenvalue weighted by atomic mass is 10.0. The molecule has 0 radical (unpaired) electrons. The Hall–Kier alpha value is -2.11. The second kappa shape index (κ2) is 51.5. The molecule has 0 saturated heterocycles. The molecule has 0 aliphatic carbocycles. The average Bonchev–Trinajstić information content (AvgIpc) is 3.27. The van der Waals surface area contributed by atoms with E-state index in [1.165, 1.54) is 173 Å². The number of carbonyl (C=O) groups excluding carboxylic acids is 3. The third kappa shape index (κ3) is 48.9. The second-order valence-corrected chi connectivity index (χ2v) is 18.5. The molecule has 0 aromatic heterocycles. The first kappa shape index (κ1) is 59.9. The van der Waals surface area contributed by atoms with E-state index in [9.17, 15) is 14.4 Å². The van der Waals surface area contributed by atoms with E-state index in [4.69, 9.17) is 14.2 Å². The number of unbranched alkanes of at least 4 members (excludes halogenated alkanes) is 35. The zero-order valence-corrected chi connectivity index (χ0v) is 41.7. The number of hydrogen-bond donors (Lipinski definition) is 0. The van der Waals surface area contributed by atoms with Gasteiger partial charge >= 0.3 is 17.9 Å². The monoisotopic (exact) mass is 873 g/mol. The van der Waals surface area contributed by atoms with Crippen LogP contribution in [0.4, 0.5) is 0 Å². The summed E-state index contributed by atoms with van der Waals surface area (Å²) in [7, 11) is 0. The Morgan fingerprint density at radius 3 is 0.968 bits per heavy atom. The van der Waals surface area contributed by atoms with Gasteiger partial charge in [-0.05, 0) is 44.9 Å². The summed E-state index contributed by atoms with van der Waals surface area (Å²) in [4.78, 5) is 38.0. The quantitative estimate of drug-likeness (QED) is 0.0262. The minimum absolute atomic E-state index is 0.0705. The molecule has 0 fully saturated rings. The molecule has 6 heteroatoms. The van der Waals surface area contributed by atoms with Crippen LogP contribution in [0.2, 0.25) is 0 Å². The molecule has 0 aromatic carbocycles. The van der Waals surface area contributed by atoms with Gasteiger partial charge in [-0.3, -0.25) is 14.4 Å². The van der Waals surface area contributed by atoms with Gasteiger partial charge in [-0.25, -0.2) is 0 Å². The number of allylic oxidation sites excluding steroid dienone is 4. The van der Waals surface area contributed by atoms with E-state index in [1.807, 2.05) is 0 Å². The summed E-state index contributed by atoms with van der Waals surface area (Å²) >= 11 is 0. The summed E-state index contributed by atoms with van der Waals surface area (Å²) in [6.45, 7) is 6.56. The Morgan fingerprint density at radius 1 is 0.339 bits per heavy atom. The Kier molecular flexibility index (Phi) is 49.8. The predicted octanol–water partition coefficient (Wildman–Crippen LogP) is 17.9. The molecule has 364 valence electrons. The molecule has 1 atom stereocenters. The Labute approximate surface area is 385 Å². The summed E-state index contributed by atoms with van der Waals surface area (Å²) in [6, 6.07) is 0. The highest BCUT2D eigenvalue weighted by molar-refractivity contribution is 5.71. The molecule has 6 nitrogen and oxygen atoms in total. The molecular formula is C56H104O6. The van der Waals surface area contributed by atoms with E-state index in [2.05, 4.69) is 45.1 Å². The fourth-order valence-corrected chi connectivity index (χ4v) is 8.13. The molecule has 1 unspecified atom stereocenters. The van der Waals surface area contributed by atoms with Gasteiger partial charge < -0.3 is 14.2 Å². The lowest BCUT2D eigenvalue weighted by Crippen LogP contribution is -2.30. The van der Waals surface area contributed by atoms with E-state index in [1.54, 1.807) is 0 Å². The fraction of sp³-hybridized carbons (Fsp3) is 0.875. The van der Waals surface area contributed by atoms with Gasteiger partial charge in [-0.15, -0.1) is 0 Å². The van der Waals surface area contributed by atoms with Crippen LogP contribution in [0.25, 0.3) is 0 Å². The van der Waals surface area contributed by atoms with Crippen molar-refractivity contribution in [2.75, 3.05) is 13.2 Å². The summed E-state index contributed by atoms with van der Waals surface area (Å²) in [5, 5.41) is 0. The Balaban J connectivity index is 4.29. The second-order valence-electron chi connectivity index (χ2n) is 18.5. The van der Waals surface area contributed by atoms with Gasteiger partial charge in [0.15, 0.2) is 6.10 Å². The number of rotatable bonds is 50. The normalized spacial score (nSPS) is 12.1. The van der Waals surface area contributed by atoms with Crippen molar-refractivity contribution in [3.8, 4) is 0 Å². The molecule has 0 heterocycles. The van der Waals surface area contributed by atoms with E-state index >= 15 is 0 Å². The summed E-state index contributed by atoms with van der Waals surface area (Å²) < 4.78 is 16.8. The molecule has 0 N–H and O–H groups in total. The lowest BCUT2D eigenvalue weighted by molar-refractivity contribution is -0.167. The van der Waals surface area contributed by atoms with Crippen LogP contribution < -0.4 is 0 Å². The van der Waals surface area contributed by atoms with Gasteiger partial charge in [-0.2, -0.15) is 0 Å². The zero-order valence-electron chi connectivity index (χ0n) is 41.7. The maximum Gasteiger partial charge on any atom is 0.306 e. The van der Waals surface area contributed by atoms with Crippen LogP contribution in [0.1, 0.15) is 297 Å². The molecule has 62 heavy (non-hydrogen) atoms. The molecule has 0 amide bonds. The molecule has 0 aliphatic heterocycles. The van der Waals surface area contributed by atoms with Crippen molar-refractivity contribution in [1.82, 2.24) is 0 Å². The van der Waals surface area contributed by atoms with Gasteiger partial charge in [0.2, 0.25) is 0 Å². The Morgan fingerprint density at radius 2 is 0.629 bits per heavy atom. The van der Waals surface area contributed by atoms with Crippen LogP contribution in [-0.2, 0) is 28.6 Å². The van der Waals surface area contributed by atoms with Crippen LogP contribution in [0, 0.1) is 0 Å². The molecule has 0 aliphatic rings. The molecule has 0 spiro atoms. The first-order valence-electron chi connectivity index (χ1n) is 27.3. The fourth-order valence-electron chi connectivity index (χ4n) is 8.13. The summed E-state index contributed by atoms with van der Waals surface area (Å²) in [6.07, 6.45) is 58.8. The first-order chi connectivity index (χ1) is 30.5. The minimum Gasteiger partial charge on any atom is -0.462 e. The summed E-state index contributed by atoms with van der Waals surface area (Å²) in [5.41, 5.74) is 0. The average molecular weight is 873 g/mol. The highest BCUT2D eigenvalue weighted by Crippen LogP contribution is 2.17. The van der Waals surface area contributed by atoms with Crippen molar-refractivity contribution in [2.45, 2.75) is 303 Å². The van der Waals surface area contributed by atoms with Gasteiger partial charge in [0, 0.05) is 19.3 Å². The highest BCUT2D eigenvalue weighted by Gasteiger charge is 2.19. The van der Waals surface area contributed by atoms with Crippen molar-refractivity contribution in [3.05, 3.63) is 24.3 Å². The number of esters is 3. The topological polar surface area (TPSA) is 78.9 Å². The maximum absolute atomic E-state index is 12.8. The van der Waals surface area contributed by atoms with Crippen molar-refractivity contribution in [1.29, 1.82) is 0 Å². The van der Waals surface area contributed by atoms with Crippen LogP contribution >= 0.6 is 0 Å². The van der Waals surface area contributed by atoms with Crippen molar-refractivity contribution in [3.63, 3.8) is 0 Å². The molecule has 0 saturated carbocycles. The Bertz CT molecular complexity index is 1000. The maximum atomic E-state index is 12.8. The smallest absolute Gasteiger partial charge is 0.306 e. The van der Waals surface area contributed by atoms with Crippen molar-refractivity contribution in [2.24, 2.45) is 0 Å². The van der Waals surface area contributed by atoms with Crippen LogP contribution in [0.3, 0.4) is 0 Å². The molecule has 0 aromatic rings. The standard InChI is InChI=1S/C56H104O6/c1-4-7-10-13-16-19-22-25-27-28-29-30-32-34-37-40-43-46-49-55(58)61-52-53(51-60-54(57)48-45-42-39-36-33-24-21-18-15-12-9-6-3)62-56(59)50-47-44-41-38-35-31-26-23-20-17-14-11-8-5-2/h9,12,18,21,53H,4-8,10-11,13-17,19-20,22-52H2,1-3H3/b12-9-,21-18-. The number of carbonyl (C=O) groups is 3. The van der Waals surface area contributed by atoms with Crippen molar-refractivity contribution < 1.29 is 28.6 Å². The van der Waals surface area contributed by atoms with Crippen LogP contribution in [0.5, 0.6) is 0 Å². The zero-order chi connectivity index (χ0) is 45.1. The van der Waals surface area contributed by atoms with Gasteiger partial charge in [0.25, 0.3) is 0 Å².